The highest BCUT2D eigenvalue weighted by Crippen LogP contribution is 2.29. The second kappa shape index (κ2) is 4.44. The molecule has 9 heteroatoms. The normalized spacial score (nSPS) is 11.8. The van der Waals surface area contributed by atoms with Crippen molar-refractivity contribution in [1.29, 1.82) is 0 Å². The molecule has 0 saturated carbocycles. The van der Waals surface area contributed by atoms with Gasteiger partial charge in [-0.05, 0) is 12.1 Å². The average molecular weight is 282 g/mol. The van der Waals surface area contributed by atoms with Crippen molar-refractivity contribution in [2.24, 2.45) is 0 Å². The Morgan fingerprint density at radius 3 is 2.50 bits per heavy atom. The van der Waals surface area contributed by atoms with Gasteiger partial charge in [0.2, 0.25) is 11.6 Å². The van der Waals surface area contributed by atoms with Crippen LogP contribution in [0.3, 0.4) is 0 Å². The van der Waals surface area contributed by atoms with Crippen molar-refractivity contribution in [2.75, 3.05) is 0 Å². The maximum Gasteiger partial charge on any atom is 0.417 e. The average Bonchev–Trinajstić information content (AvgIpc) is 3.09. The quantitative estimate of drug-likeness (QED) is 0.719. The number of rotatable bonds is 2. The van der Waals surface area contributed by atoms with Gasteiger partial charge in [0.05, 0.1) is 11.8 Å². The highest BCUT2D eigenvalue weighted by Gasteiger charge is 2.30. The summed E-state index contributed by atoms with van der Waals surface area (Å²) in [5, 5.41) is 7.09. The second-order valence-corrected chi connectivity index (χ2v) is 3.73. The van der Waals surface area contributed by atoms with E-state index in [2.05, 4.69) is 20.3 Å². The van der Waals surface area contributed by atoms with Crippen molar-refractivity contribution in [3.8, 4) is 23.2 Å². The smallest absolute Gasteiger partial charge is 0.351 e. The zero-order valence-electron chi connectivity index (χ0n) is 9.63. The Bertz CT molecular complexity index is 704. The van der Waals surface area contributed by atoms with E-state index in [0.717, 1.165) is 12.1 Å². The minimum atomic E-state index is -4.44. The maximum atomic E-state index is 12.4. The molecule has 3 rings (SSSR count). The molecule has 102 valence electrons. The number of hydrogen-bond acceptors (Lipinski definition) is 6. The van der Waals surface area contributed by atoms with E-state index in [-0.39, 0.29) is 23.2 Å². The Labute approximate surface area is 109 Å². The third-order valence-electron chi connectivity index (χ3n) is 2.39. The Morgan fingerprint density at radius 2 is 1.90 bits per heavy atom. The molecule has 3 aromatic heterocycles. The zero-order valence-corrected chi connectivity index (χ0v) is 9.63. The molecule has 20 heavy (non-hydrogen) atoms. The topological polar surface area (TPSA) is 77.8 Å². The molecule has 3 heterocycles. The van der Waals surface area contributed by atoms with E-state index in [1.807, 2.05) is 0 Å². The lowest BCUT2D eigenvalue weighted by molar-refractivity contribution is -0.137. The van der Waals surface area contributed by atoms with Crippen LogP contribution in [0.25, 0.3) is 23.2 Å². The molecule has 0 bridgehead atoms. The monoisotopic (exact) mass is 282 g/mol. The van der Waals surface area contributed by atoms with Crippen LogP contribution in [0.15, 0.2) is 39.6 Å². The molecular formula is C11H5F3N4O2. The van der Waals surface area contributed by atoms with Crippen LogP contribution in [-0.4, -0.2) is 20.3 Å². The number of pyridine rings is 1. The van der Waals surface area contributed by atoms with Gasteiger partial charge < -0.3 is 9.05 Å². The van der Waals surface area contributed by atoms with Gasteiger partial charge in [0, 0.05) is 12.3 Å². The first-order chi connectivity index (χ1) is 9.54. The summed E-state index contributed by atoms with van der Waals surface area (Å²) in [6.45, 7) is 0. The standard InChI is InChI=1S/C11H5F3N4O2/c12-11(13,14)6-1-2-7(15-5-6)9-17-10(20-18-9)8-3-4-16-19-8/h1-5H. The number of nitrogens with zero attached hydrogens (tertiary/aromatic N) is 4. The van der Waals surface area contributed by atoms with E-state index >= 15 is 0 Å². The molecule has 0 aliphatic carbocycles. The van der Waals surface area contributed by atoms with Crippen LogP contribution >= 0.6 is 0 Å². The molecule has 0 aromatic carbocycles. The van der Waals surface area contributed by atoms with Crippen LogP contribution in [0.1, 0.15) is 5.56 Å². The Balaban J connectivity index is 1.90. The van der Waals surface area contributed by atoms with Gasteiger partial charge in [0.25, 0.3) is 5.89 Å². The summed E-state index contributed by atoms with van der Waals surface area (Å²) in [6.07, 6.45) is -2.33. The second-order valence-electron chi connectivity index (χ2n) is 3.73. The summed E-state index contributed by atoms with van der Waals surface area (Å²) in [6, 6.07) is 3.57. The molecule has 6 nitrogen and oxygen atoms in total. The predicted octanol–water partition coefficient (Wildman–Crippen LogP) is 2.81. The fraction of sp³-hybridized carbons (Fsp3) is 0.0909. The van der Waals surface area contributed by atoms with Gasteiger partial charge in [-0.3, -0.25) is 4.98 Å². The van der Waals surface area contributed by atoms with E-state index < -0.39 is 11.7 Å². The molecule has 0 fully saturated rings. The van der Waals surface area contributed by atoms with Crippen LogP contribution < -0.4 is 0 Å². The van der Waals surface area contributed by atoms with Gasteiger partial charge in [-0.15, -0.1) is 0 Å². The summed E-state index contributed by atoms with van der Waals surface area (Å²) in [4.78, 5) is 7.62. The first kappa shape index (κ1) is 12.3. The lowest BCUT2D eigenvalue weighted by atomic mass is 10.2. The van der Waals surface area contributed by atoms with Crippen molar-refractivity contribution in [3.63, 3.8) is 0 Å². The zero-order chi connectivity index (χ0) is 14.2. The van der Waals surface area contributed by atoms with Crippen LogP contribution in [0.2, 0.25) is 0 Å². The van der Waals surface area contributed by atoms with Gasteiger partial charge in [-0.25, -0.2) is 0 Å². The Kier molecular flexibility index (Phi) is 2.74. The minimum absolute atomic E-state index is 0.0603. The van der Waals surface area contributed by atoms with E-state index in [0.29, 0.717) is 6.20 Å². The fourth-order valence-corrected chi connectivity index (χ4v) is 1.45. The molecule has 0 spiro atoms. The van der Waals surface area contributed by atoms with Crippen molar-refractivity contribution in [1.82, 2.24) is 20.3 Å². The summed E-state index contributed by atoms with van der Waals surface area (Å²) < 4.78 is 46.9. The van der Waals surface area contributed by atoms with Crippen molar-refractivity contribution < 1.29 is 22.2 Å². The number of halogens is 3. The summed E-state index contributed by atoms with van der Waals surface area (Å²) in [5.74, 6) is 0.389. The van der Waals surface area contributed by atoms with Gasteiger partial charge in [0.15, 0.2) is 0 Å². The molecule has 0 atom stereocenters. The first-order valence-electron chi connectivity index (χ1n) is 5.32. The van der Waals surface area contributed by atoms with Crippen LogP contribution in [0, 0.1) is 0 Å². The van der Waals surface area contributed by atoms with Gasteiger partial charge in [-0.2, -0.15) is 18.2 Å². The van der Waals surface area contributed by atoms with Crippen molar-refractivity contribution in [2.45, 2.75) is 6.18 Å². The van der Waals surface area contributed by atoms with Gasteiger partial charge >= 0.3 is 6.18 Å². The van der Waals surface area contributed by atoms with Gasteiger partial charge in [-0.1, -0.05) is 10.3 Å². The largest absolute Gasteiger partial charge is 0.417 e. The SMILES string of the molecule is FC(F)(F)c1ccc(-c2noc(-c3ccno3)n2)nc1. The highest BCUT2D eigenvalue weighted by molar-refractivity contribution is 5.52. The summed E-state index contributed by atoms with van der Waals surface area (Å²) in [5.41, 5.74) is -0.687. The lowest BCUT2D eigenvalue weighted by Gasteiger charge is -2.05. The predicted molar refractivity (Wildman–Crippen MR) is 58.0 cm³/mol. The molecule has 0 unspecified atom stereocenters. The van der Waals surface area contributed by atoms with E-state index in [1.165, 1.54) is 12.3 Å². The molecule has 0 N–H and O–H groups in total. The van der Waals surface area contributed by atoms with Gasteiger partial charge in [0.1, 0.15) is 5.69 Å². The number of aromatic nitrogens is 4. The number of hydrogen-bond donors (Lipinski definition) is 0. The lowest BCUT2D eigenvalue weighted by Crippen LogP contribution is -2.05. The third-order valence-corrected chi connectivity index (χ3v) is 2.39. The minimum Gasteiger partial charge on any atom is -0.351 e. The molecule has 3 aromatic rings. The van der Waals surface area contributed by atoms with E-state index in [4.69, 9.17) is 9.05 Å². The number of alkyl halides is 3. The fourth-order valence-electron chi connectivity index (χ4n) is 1.45. The molecule has 0 amide bonds. The highest BCUT2D eigenvalue weighted by atomic mass is 19.4. The Morgan fingerprint density at radius 1 is 1.05 bits per heavy atom. The molecule has 0 radical (unpaired) electrons. The van der Waals surface area contributed by atoms with E-state index in [9.17, 15) is 13.2 Å². The van der Waals surface area contributed by atoms with Crippen molar-refractivity contribution >= 4 is 0 Å². The Hall–Kier alpha value is -2.71. The van der Waals surface area contributed by atoms with Crippen LogP contribution in [-0.2, 0) is 6.18 Å². The maximum absolute atomic E-state index is 12.4. The van der Waals surface area contributed by atoms with Crippen LogP contribution in [0.5, 0.6) is 0 Å². The van der Waals surface area contributed by atoms with Crippen molar-refractivity contribution in [3.05, 3.63) is 36.2 Å². The summed E-state index contributed by atoms with van der Waals surface area (Å²) >= 11 is 0. The summed E-state index contributed by atoms with van der Waals surface area (Å²) in [7, 11) is 0. The first-order valence-corrected chi connectivity index (χ1v) is 5.32. The molecular weight excluding hydrogens is 277 g/mol. The third kappa shape index (κ3) is 2.25. The molecule has 0 saturated heterocycles. The van der Waals surface area contributed by atoms with E-state index in [1.54, 1.807) is 0 Å². The van der Waals surface area contributed by atoms with Crippen LogP contribution in [0.4, 0.5) is 13.2 Å². The molecule has 0 aliphatic rings. The molecule has 0 aliphatic heterocycles.